The summed E-state index contributed by atoms with van der Waals surface area (Å²) in [5.74, 6) is -0.580. The Balaban J connectivity index is 1.90. The van der Waals surface area contributed by atoms with E-state index in [9.17, 15) is 14.7 Å². The molecule has 2 N–H and O–H groups in total. The predicted octanol–water partition coefficient (Wildman–Crippen LogP) is 3.91. The fourth-order valence-corrected chi connectivity index (χ4v) is 3.43. The maximum absolute atomic E-state index is 12.3. The number of carbonyl (C=O) groups is 2. The average Bonchev–Trinajstić information content (AvgIpc) is 2.55. The Bertz CT molecular complexity index is 573. The number of halogens is 1. The molecule has 0 spiro atoms. The Morgan fingerprint density at radius 3 is 2.67 bits per heavy atom. The minimum absolute atomic E-state index is 0.377. The zero-order valence-corrected chi connectivity index (χ0v) is 14.8. The van der Waals surface area contributed by atoms with Gasteiger partial charge in [0.15, 0.2) is 0 Å². The fraction of sp³-hybridized carbons (Fsp3) is 0.556. The molecule has 1 aromatic carbocycles. The summed E-state index contributed by atoms with van der Waals surface area (Å²) in [4.78, 5) is 25.3. The monoisotopic (exact) mass is 352 g/mol. The number of nitrogens with zero attached hydrogens (tertiary/aromatic N) is 1. The number of aliphatic carboxylic acids is 1. The molecular formula is C18H25ClN2O3. The van der Waals surface area contributed by atoms with Crippen molar-refractivity contribution in [3.63, 3.8) is 0 Å². The first-order chi connectivity index (χ1) is 11.5. The van der Waals surface area contributed by atoms with Gasteiger partial charge < -0.3 is 15.3 Å². The molecule has 0 bridgehead atoms. The third-order valence-corrected chi connectivity index (χ3v) is 4.78. The predicted molar refractivity (Wildman–Crippen MR) is 94.1 cm³/mol. The van der Waals surface area contributed by atoms with Crippen molar-refractivity contribution in [1.82, 2.24) is 10.2 Å². The summed E-state index contributed by atoms with van der Waals surface area (Å²) >= 11 is 5.95. The number of benzene rings is 1. The van der Waals surface area contributed by atoms with E-state index in [2.05, 4.69) is 5.32 Å². The number of amides is 2. The van der Waals surface area contributed by atoms with Crippen molar-refractivity contribution in [2.75, 3.05) is 7.05 Å². The summed E-state index contributed by atoms with van der Waals surface area (Å²) in [5.41, 5.74) is 0.902. The molecule has 2 rings (SSSR count). The van der Waals surface area contributed by atoms with E-state index < -0.39 is 12.0 Å². The quantitative estimate of drug-likeness (QED) is 0.815. The Morgan fingerprint density at radius 2 is 2.04 bits per heavy atom. The summed E-state index contributed by atoms with van der Waals surface area (Å²) in [6.07, 6.45) is 6.14. The van der Waals surface area contributed by atoms with Crippen molar-refractivity contribution in [3.05, 3.63) is 34.9 Å². The first kappa shape index (κ1) is 18.6. The molecule has 6 heteroatoms. The highest BCUT2D eigenvalue weighted by molar-refractivity contribution is 6.30. The normalized spacial score (nSPS) is 16.4. The van der Waals surface area contributed by atoms with Gasteiger partial charge >= 0.3 is 12.0 Å². The molecule has 0 heterocycles. The molecule has 0 aromatic heterocycles. The zero-order chi connectivity index (χ0) is 17.5. The SMILES string of the molecule is CN(Cc1cccc(Cl)c1)C(=O)N[C@@H](CC1CCCCC1)C(=O)O. The van der Waals surface area contributed by atoms with E-state index in [0.717, 1.165) is 31.2 Å². The summed E-state index contributed by atoms with van der Waals surface area (Å²) < 4.78 is 0. The number of hydrogen-bond acceptors (Lipinski definition) is 2. The van der Waals surface area contributed by atoms with Crippen LogP contribution in [0.25, 0.3) is 0 Å². The van der Waals surface area contributed by atoms with Crippen LogP contribution in [0.5, 0.6) is 0 Å². The van der Waals surface area contributed by atoms with E-state index in [4.69, 9.17) is 11.6 Å². The van der Waals surface area contributed by atoms with Gasteiger partial charge in [0.1, 0.15) is 6.04 Å². The number of hydrogen-bond donors (Lipinski definition) is 2. The third-order valence-electron chi connectivity index (χ3n) is 4.55. The molecule has 0 radical (unpaired) electrons. The van der Waals surface area contributed by atoms with E-state index in [1.165, 1.54) is 11.3 Å². The van der Waals surface area contributed by atoms with Crippen LogP contribution in [0.3, 0.4) is 0 Å². The van der Waals surface area contributed by atoms with Crippen molar-refractivity contribution >= 4 is 23.6 Å². The van der Waals surface area contributed by atoms with Crippen LogP contribution >= 0.6 is 11.6 Å². The van der Waals surface area contributed by atoms with Gasteiger partial charge in [0.05, 0.1) is 0 Å². The molecule has 0 saturated heterocycles. The van der Waals surface area contributed by atoms with Crippen LogP contribution in [0.15, 0.2) is 24.3 Å². The lowest BCUT2D eigenvalue weighted by molar-refractivity contribution is -0.139. The van der Waals surface area contributed by atoms with Gasteiger partial charge in [-0.25, -0.2) is 9.59 Å². The highest BCUT2D eigenvalue weighted by Crippen LogP contribution is 2.27. The molecule has 0 aliphatic heterocycles. The molecule has 1 aliphatic carbocycles. The first-order valence-corrected chi connectivity index (χ1v) is 8.82. The number of rotatable bonds is 6. The standard InChI is InChI=1S/C18H25ClN2O3/c1-21(12-14-8-5-9-15(19)10-14)18(24)20-16(17(22)23)11-13-6-3-2-4-7-13/h5,8-10,13,16H,2-4,6-7,11-12H2,1H3,(H,20,24)(H,22,23)/t16-/m0/s1. The van der Waals surface area contributed by atoms with Crippen LogP contribution < -0.4 is 5.32 Å². The van der Waals surface area contributed by atoms with E-state index in [1.807, 2.05) is 12.1 Å². The lowest BCUT2D eigenvalue weighted by Gasteiger charge is -2.26. The van der Waals surface area contributed by atoms with Crippen LogP contribution in [-0.2, 0) is 11.3 Å². The van der Waals surface area contributed by atoms with E-state index in [0.29, 0.717) is 23.9 Å². The number of nitrogens with one attached hydrogen (secondary N) is 1. The molecule has 132 valence electrons. The lowest BCUT2D eigenvalue weighted by atomic mass is 9.85. The van der Waals surface area contributed by atoms with Crippen LogP contribution in [0.4, 0.5) is 4.79 Å². The molecule has 1 saturated carbocycles. The Labute approximate surface area is 148 Å². The van der Waals surface area contributed by atoms with Crippen molar-refractivity contribution < 1.29 is 14.7 Å². The second kappa shape index (κ2) is 8.92. The summed E-state index contributed by atoms with van der Waals surface area (Å²) in [7, 11) is 1.65. The Kier molecular flexibility index (Phi) is 6.91. The van der Waals surface area contributed by atoms with Gasteiger partial charge in [-0.2, -0.15) is 0 Å². The van der Waals surface area contributed by atoms with Crippen LogP contribution in [0, 0.1) is 5.92 Å². The van der Waals surface area contributed by atoms with Gasteiger partial charge in [-0.15, -0.1) is 0 Å². The molecule has 5 nitrogen and oxygen atoms in total. The molecule has 0 unspecified atom stereocenters. The average molecular weight is 353 g/mol. The highest BCUT2D eigenvalue weighted by atomic mass is 35.5. The van der Waals surface area contributed by atoms with Crippen molar-refractivity contribution in [2.24, 2.45) is 5.92 Å². The Hall–Kier alpha value is -1.75. The van der Waals surface area contributed by atoms with Gasteiger partial charge in [-0.3, -0.25) is 0 Å². The lowest BCUT2D eigenvalue weighted by Crippen LogP contribution is -2.47. The zero-order valence-electron chi connectivity index (χ0n) is 14.0. The van der Waals surface area contributed by atoms with Crippen molar-refractivity contribution in [1.29, 1.82) is 0 Å². The van der Waals surface area contributed by atoms with E-state index in [1.54, 1.807) is 19.2 Å². The number of carboxylic acids is 1. The van der Waals surface area contributed by atoms with Gasteiger partial charge in [-0.05, 0) is 30.0 Å². The fourth-order valence-electron chi connectivity index (χ4n) is 3.22. The van der Waals surface area contributed by atoms with Gasteiger partial charge in [0.2, 0.25) is 0 Å². The highest BCUT2D eigenvalue weighted by Gasteiger charge is 2.26. The minimum atomic E-state index is -0.968. The van der Waals surface area contributed by atoms with Crippen molar-refractivity contribution in [3.8, 4) is 0 Å². The number of carboxylic acid groups (broad SMARTS) is 1. The summed E-state index contributed by atoms with van der Waals surface area (Å²) in [5, 5.41) is 12.7. The topological polar surface area (TPSA) is 69.6 Å². The third kappa shape index (κ3) is 5.71. The molecule has 2 amide bonds. The Morgan fingerprint density at radius 1 is 1.33 bits per heavy atom. The summed E-state index contributed by atoms with van der Waals surface area (Å²) in [6.45, 7) is 0.377. The van der Waals surface area contributed by atoms with Gasteiger partial charge in [-0.1, -0.05) is 55.8 Å². The largest absolute Gasteiger partial charge is 0.480 e. The van der Waals surface area contributed by atoms with Gasteiger partial charge in [0, 0.05) is 18.6 Å². The first-order valence-electron chi connectivity index (χ1n) is 8.44. The maximum atomic E-state index is 12.3. The molecule has 1 atom stereocenters. The summed E-state index contributed by atoms with van der Waals surface area (Å²) in [6, 6.07) is 6.07. The molecule has 24 heavy (non-hydrogen) atoms. The minimum Gasteiger partial charge on any atom is -0.480 e. The second-order valence-electron chi connectivity index (χ2n) is 6.57. The number of carbonyl (C=O) groups excluding carboxylic acids is 1. The molecule has 1 fully saturated rings. The molecule has 1 aliphatic rings. The molecular weight excluding hydrogens is 328 g/mol. The van der Waals surface area contributed by atoms with E-state index in [-0.39, 0.29) is 6.03 Å². The number of urea groups is 1. The van der Waals surface area contributed by atoms with Gasteiger partial charge in [0.25, 0.3) is 0 Å². The van der Waals surface area contributed by atoms with Crippen LogP contribution in [0.1, 0.15) is 44.1 Å². The smallest absolute Gasteiger partial charge is 0.326 e. The van der Waals surface area contributed by atoms with Crippen molar-refractivity contribution in [2.45, 2.75) is 51.1 Å². The molecule has 1 aromatic rings. The van der Waals surface area contributed by atoms with Crippen LogP contribution in [0.2, 0.25) is 5.02 Å². The van der Waals surface area contributed by atoms with Crippen LogP contribution in [-0.4, -0.2) is 35.1 Å². The second-order valence-corrected chi connectivity index (χ2v) is 7.00. The maximum Gasteiger partial charge on any atom is 0.326 e. The van der Waals surface area contributed by atoms with E-state index >= 15 is 0 Å².